The van der Waals surface area contributed by atoms with Gasteiger partial charge in [-0.3, -0.25) is 19.3 Å². The fourth-order valence-corrected chi connectivity index (χ4v) is 1.39. The van der Waals surface area contributed by atoms with Crippen LogP contribution in [0.15, 0.2) is 0 Å². The number of nitrogens with zero attached hydrogens (tertiary/aromatic N) is 1. The molecule has 3 N–H and O–H groups in total. The molecule has 0 aromatic heterocycles. The zero-order valence-electron chi connectivity index (χ0n) is 14.6. The van der Waals surface area contributed by atoms with Crippen LogP contribution in [0.5, 0.6) is 0 Å². The Morgan fingerprint density at radius 3 is 2.08 bits per heavy atom. The largest absolute Gasteiger partial charge is 0.483 e. The predicted octanol–water partition coefficient (Wildman–Crippen LogP) is -0.523. The molecule has 0 aromatic rings. The minimum atomic E-state index is -0.518. The minimum Gasteiger partial charge on any atom is -0.483 e. The van der Waals surface area contributed by atoms with E-state index in [9.17, 15) is 9.59 Å². The van der Waals surface area contributed by atoms with Crippen LogP contribution in [-0.2, 0) is 49.7 Å². The second kappa shape index (κ2) is 16.8. The maximum Gasteiger partial charge on any atom is 0.320 e. The van der Waals surface area contributed by atoms with Crippen molar-refractivity contribution in [3.63, 3.8) is 0 Å². The molecular formula is C14H28N2O7W. The van der Waals surface area contributed by atoms with Gasteiger partial charge in [0.25, 0.3) is 6.47 Å². The Morgan fingerprint density at radius 2 is 1.67 bits per heavy atom. The van der Waals surface area contributed by atoms with Crippen LogP contribution in [0, 0.1) is 0 Å². The van der Waals surface area contributed by atoms with Crippen molar-refractivity contribution in [3.05, 3.63) is 0 Å². The van der Waals surface area contributed by atoms with E-state index in [0.29, 0.717) is 19.7 Å². The van der Waals surface area contributed by atoms with Crippen LogP contribution in [0.1, 0.15) is 20.8 Å². The first-order valence-corrected chi connectivity index (χ1v) is 7.06. The summed E-state index contributed by atoms with van der Waals surface area (Å²) in [5.41, 5.74) is 4.62. The number of rotatable bonds is 9. The number of carboxylic acid groups (broad SMARTS) is 1. The van der Waals surface area contributed by atoms with E-state index in [2.05, 4.69) is 0 Å². The Hall–Kier alpha value is -1.02. The standard InChI is InChI=1S/C13H26N2O5.CH2O2.W/c1-13(2,3)20-12(17)10-15(5-7-18-4)6-8-19-11(16)9-14;2-1-3;/h5-10,14H2,1-4H3;1H,(H,2,3);. The quantitative estimate of drug-likeness (QED) is 0.305. The molecular weight excluding hydrogens is 492 g/mol. The van der Waals surface area contributed by atoms with Crippen LogP contribution in [0.4, 0.5) is 0 Å². The summed E-state index contributed by atoms with van der Waals surface area (Å²) < 4.78 is 15.1. The average Bonchev–Trinajstić information content (AvgIpc) is 2.43. The van der Waals surface area contributed by atoms with Gasteiger partial charge in [-0.25, -0.2) is 0 Å². The first kappa shape index (κ1) is 27.8. The Kier molecular flexibility index (Phi) is 19.5. The van der Waals surface area contributed by atoms with Crippen molar-refractivity contribution in [3.8, 4) is 0 Å². The molecule has 0 atom stereocenters. The summed E-state index contributed by atoms with van der Waals surface area (Å²) in [7, 11) is 1.58. The third kappa shape index (κ3) is 21.0. The number of nitrogens with two attached hydrogens (primary N) is 1. The van der Waals surface area contributed by atoms with Crippen LogP contribution in [0.3, 0.4) is 0 Å². The fraction of sp³-hybridized carbons (Fsp3) is 0.786. The van der Waals surface area contributed by atoms with Gasteiger partial charge in [0.05, 0.1) is 19.7 Å². The van der Waals surface area contributed by atoms with Gasteiger partial charge >= 0.3 is 11.9 Å². The molecule has 0 unspecified atom stereocenters. The molecule has 0 fully saturated rings. The maximum absolute atomic E-state index is 11.8. The summed E-state index contributed by atoms with van der Waals surface area (Å²) >= 11 is 0. The van der Waals surface area contributed by atoms with Crippen molar-refractivity contribution in [1.82, 2.24) is 4.90 Å². The predicted molar refractivity (Wildman–Crippen MR) is 82.9 cm³/mol. The van der Waals surface area contributed by atoms with E-state index in [0.717, 1.165) is 0 Å². The third-order valence-electron chi connectivity index (χ3n) is 2.22. The van der Waals surface area contributed by atoms with E-state index in [1.165, 1.54) is 0 Å². The monoisotopic (exact) mass is 520 g/mol. The second-order valence-electron chi connectivity index (χ2n) is 5.39. The van der Waals surface area contributed by atoms with E-state index in [-0.39, 0.29) is 53.2 Å². The van der Waals surface area contributed by atoms with Crippen molar-refractivity contribution in [1.29, 1.82) is 0 Å². The summed E-state index contributed by atoms with van der Waals surface area (Å²) in [6.07, 6.45) is 0. The zero-order chi connectivity index (χ0) is 18.3. The molecule has 0 radical (unpaired) electrons. The van der Waals surface area contributed by atoms with Gasteiger partial charge in [-0.2, -0.15) is 0 Å². The molecule has 0 aliphatic rings. The fourth-order valence-electron chi connectivity index (χ4n) is 1.39. The van der Waals surface area contributed by atoms with Gasteiger partial charge < -0.3 is 25.1 Å². The van der Waals surface area contributed by atoms with E-state index < -0.39 is 11.6 Å². The zero-order valence-corrected chi connectivity index (χ0v) is 17.6. The van der Waals surface area contributed by atoms with E-state index in [1.807, 2.05) is 20.8 Å². The van der Waals surface area contributed by atoms with E-state index in [4.69, 9.17) is 29.8 Å². The smallest absolute Gasteiger partial charge is 0.320 e. The first-order chi connectivity index (χ1) is 10.7. The molecule has 0 aliphatic heterocycles. The number of hydrogen-bond acceptors (Lipinski definition) is 8. The van der Waals surface area contributed by atoms with Crippen molar-refractivity contribution in [2.75, 3.05) is 46.5 Å². The molecule has 0 amide bonds. The number of hydrogen-bond donors (Lipinski definition) is 2. The summed E-state index contributed by atoms with van der Waals surface area (Å²) in [6, 6.07) is 0. The summed E-state index contributed by atoms with van der Waals surface area (Å²) in [5.74, 6) is -0.785. The summed E-state index contributed by atoms with van der Waals surface area (Å²) in [4.78, 5) is 32.9. The number of ether oxygens (including phenoxy) is 3. The number of carbonyl (C=O) groups is 3. The van der Waals surface area contributed by atoms with Gasteiger partial charge in [0.2, 0.25) is 0 Å². The number of esters is 2. The molecule has 0 saturated heterocycles. The topological polar surface area (TPSA) is 128 Å². The molecule has 0 spiro atoms. The normalized spacial score (nSPS) is 10.1. The molecule has 0 saturated carbocycles. The molecule has 0 aliphatic carbocycles. The Bertz CT molecular complexity index is 349. The van der Waals surface area contributed by atoms with Crippen molar-refractivity contribution in [2.45, 2.75) is 26.4 Å². The van der Waals surface area contributed by atoms with Crippen molar-refractivity contribution >= 4 is 18.4 Å². The van der Waals surface area contributed by atoms with Gasteiger partial charge in [-0.15, -0.1) is 0 Å². The Morgan fingerprint density at radius 1 is 1.17 bits per heavy atom. The maximum atomic E-state index is 11.8. The molecule has 0 heterocycles. The summed E-state index contributed by atoms with van der Waals surface area (Å²) in [6.45, 7) is 6.81. The molecule has 0 bridgehead atoms. The van der Waals surface area contributed by atoms with Gasteiger partial charge in [-0.05, 0) is 20.8 Å². The third-order valence-corrected chi connectivity index (χ3v) is 2.22. The summed E-state index contributed by atoms with van der Waals surface area (Å²) in [5, 5.41) is 6.89. The average molecular weight is 520 g/mol. The van der Waals surface area contributed by atoms with Crippen molar-refractivity contribution in [2.24, 2.45) is 5.73 Å². The van der Waals surface area contributed by atoms with Crippen LogP contribution in [-0.4, -0.2) is 80.5 Å². The molecule has 24 heavy (non-hydrogen) atoms. The number of carbonyl (C=O) groups excluding carboxylic acids is 2. The SMILES string of the molecule is COCCN(CCOC(=O)CN)CC(=O)OC(C)(C)C.O=CO.[W]. The van der Waals surface area contributed by atoms with Gasteiger partial charge in [0, 0.05) is 41.3 Å². The van der Waals surface area contributed by atoms with Gasteiger partial charge in [0.15, 0.2) is 0 Å². The van der Waals surface area contributed by atoms with Crippen LogP contribution >= 0.6 is 0 Å². The first-order valence-electron chi connectivity index (χ1n) is 7.06. The molecule has 142 valence electrons. The van der Waals surface area contributed by atoms with Gasteiger partial charge in [0.1, 0.15) is 12.2 Å². The molecule has 0 aromatic carbocycles. The van der Waals surface area contributed by atoms with E-state index in [1.54, 1.807) is 12.0 Å². The second-order valence-corrected chi connectivity index (χ2v) is 5.39. The van der Waals surface area contributed by atoms with Crippen molar-refractivity contribution < 1.29 is 54.8 Å². The van der Waals surface area contributed by atoms with Crippen LogP contribution < -0.4 is 5.73 Å². The molecule has 0 rings (SSSR count). The minimum absolute atomic E-state index is 0. The number of methoxy groups -OCH3 is 1. The Labute approximate surface area is 157 Å². The molecule has 9 nitrogen and oxygen atoms in total. The Balaban J connectivity index is -0.00000102. The molecule has 10 heteroatoms. The van der Waals surface area contributed by atoms with Crippen LogP contribution in [0.2, 0.25) is 0 Å². The van der Waals surface area contributed by atoms with Crippen LogP contribution in [0.25, 0.3) is 0 Å². The van der Waals surface area contributed by atoms with Gasteiger partial charge in [-0.1, -0.05) is 0 Å². The van der Waals surface area contributed by atoms with E-state index >= 15 is 0 Å².